The Hall–Kier alpha value is -0.900. The van der Waals surface area contributed by atoms with E-state index in [2.05, 4.69) is 15.9 Å². The molecule has 1 atom stereocenters. The largest absolute Gasteiger partial charge is 0.396 e. The number of hydrogen-bond acceptors (Lipinski definition) is 1. The third kappa shape index (κ3) is 4.30. The molecule has 1 N–H and O–H groups in total. The minimum absolute atomic E-state index is 0.0601. The summed E-state index contributed by atoms with van der Waals surface area (Å²) in [4.78, 5) is 0. The average Bonchev–Trinajstić information content (AvgIpc) is 2.42. The van der Waals surface area contributed by atoms with Gasteiger partial charge >= 0.3 is 0 Å². The summed E-state index contributed by atoms with van der Waals surface area (Å²) >= 11 is 9.10. The maximum Gasteiger partial charge on any atom is 0.142 e. The summed E-state index contributed by atoms with van der Waals surface area (Å²) in [5, 5.41) is 9.64. The Bertz CT molecular complexity index is 588. The zero-order chi connectivity index (χ0) is 14.5. The molecule has 0 heterocycles. The number of aliphatic hydroxyl groups excluding tert-OH is 1. The molecule has 0 saturated carbocycles. The van der Waals surface area contributed by atoms with Crippen molar-refractivity contribution in [3.05, 3.63) is 68.9 Å². The van der Waals surface area contributed by atoms with Gasteiger partial charge in [0.1, 0.15) is 5.82 Å². The molecule has 2 rings (SSSR count). The van der Waals surface area contributed by atoms with Crippen molar-refractivity contribution in [3.8, 4) is 0 Å². The summed E-state index contributed by atoms with van der Waals surface area (Å²) < 4.78 is 14.4. The Morgan fingerprint density at radius 1 is 1.10 bits per heavy atom. The van der Waals surface area contributed by atoms with E-state index in [9.17, 15) is 9.50 Å². The van der Waals surface area contributed by atoms with E-state index in [4.69, 9.17) is 11.6 Å². The monoisotopic (exact) mass is 356 g/mol. The topological polar surface area (TPSA) is 20.2 Å². The van der Waals surface area contributed by atoms with Gasteiger partial charge in [-0.1, -0.05) is 45.7 Å². The Balaban J connectivity index is 2.07. The third-order valence-corrected chi connectivity index (χ3v) is 3.98. The third-order valence-electron chi connectivity index (χ3n) is 3.18. The van der Waals surface area contributed by atoms with Gasteiger partial charge in [-0.15, -0.1) is 0 Å². The van der Waals surface area contributed by atoms with Gasteiger partial charge < -0.3 is 5.11 Å². The Morgan fingerprint density at radius 3 is 2.40 bits per heavy atom. The van der Waals surface area contributed by atoms with Crippen LogP contribution in [-0.4, -0.2) is 11.7 Å². The van der Waals surface area contributed by atoms with Gasteiger partial charge in [-0.05, 0) is 54.2 Å². The minimum atomic E-state index is -0.414. The molecule has 0 bridgehead atoms. The maximum absolute atomic E-state index is 13.4. The first-order valence-corrected chi connectivity index (χ1v) is 7.55. The Kier molecular flexibility index (Phi) is 5.58. The highest BCUT2D eigenvalue weighted by Crippen LogP contribution is 2.21. The van der Waals surface area contributed by atoms with Crippen LogP contribution in [0.1, 0.15) is 11.1 Å². The lowest BCUT2D eigenvalue weighted by molar-refractivity contribution is 0.225. The van der Waals surface area contributed by atoms with Crippen LogP contribution < -0.4 is 0 Å². The summed E-state index contributed by atoms with van der Waals surface area (Å²) in [6.45, 7) is 0.0662. The summed E-state index contributed by atoms with van der Waals surface area (Å²) in [6.07, 6.45) is 1.37. The molecule has 0 aliphatic carbocycles. The summed E-state index contributed by atoms with van der Waals surface area (Å²) in [5.74, 6) is -0.354. The van der Waals surface area contributed by atoms with Crippen LogP contribution in [0.25, 0.3) is 0 Å². The highest BCUT2D eigenvalue weighted by Gasteiger charge is 2.11. The maximum atomic E-state index is 13.4. The van der Waals surface area contributed by atoms with Crippen LogP contribution >= 0.6 is 27.5 Å². The van der Waals surface area contributed by atoms with Crippen LogP contribution in [0.15, 0.2) is 46.9 Å². The van der Waals surface area contributed by atoms with Crippen molar-refractivity contribution in [1.82, 2.24) is 0 Å². The zero-order valence-electron chi connectivity index (χ0n) is 10.8. The van der Waals surface area contributed by atoms with Gasteiger partial charge in [0, 0.05) is 11.1 Å². The molecule has 20 heavy (non-hydrogen) atoms. The molecule has 0 aliphatic rings. The molecule has 0 aromatic heterocycles. The van der Waals surface area contributed by atoms with E-state index in [-0.39, 0.29) is 17.5 Å². The van der Waals surface area contributed by atoms with E-state index in [1.807, 2.05) is 24.3 Å². The van der Waals surface area contributed by atoms with Crippen LogP contribution in [0.4, 0.5) is 4.39 Å². The van der Waals surface area contributed by atoms with Crippen molar-refractivity contribution in [2.24, 2.45) is 5.92 Å². The molecule has 0 saturated heterocycles. The molecule has 0 aliphatic heterocycles. The summed E-state index contributed by atoms with van der Waals surface area (Å²) in [7, 11) is 0. The molecule has 106 valence electrons. The highest BCUT2D eigenvalue weighted by atomic mass is 79.9. The van der Waals surface area contributed by atoms with Crippen LogP contribution in [-0.2, 0) is 12.8 Å². The minimum Gasteiger partial charge on any atom is -0.396 e. The molecule has 0 spiro atoms. The molecule has 4 heteroatoms. The first-order chi connectivity index (χ1) is 9.58. The molecule has 0 fully saturated rings. The highest BCUT2D eigenvalue weighted by molar-refractivity contribution is 9.10. The van der Waals surface area contributed by atoms with E-state index >= 15 is 0 Å². The predicted molar refractivity (Wildman–Crippen MR) is 83.5 cm³/mol. The number of halogens is 3. The van der Waals surface area contributed by atoms with Crippen molar-refractivity contribution in [2.45, 2.75) is 12.8 Å². The number of benzene rings is 2. The van der Waals surface area contributed by atoms with Crippen molar-refractivity contribution < 1.29 is 9.50 Å². The number of hydrogen-bond donors (Lipinski definition) is 1. The van der Waals surface area contributed by atoms with Crippen LogP contribution in [0, 0.1) is 11.7 Å². The van der Waals surface area contributed by atoms with Gasteiger partial charge in [-0.25, -0.2) is 4.39 Å². The van der Waals surface area contributed by atoms with Gasteiger partial charge in [0.15, 0.2) is 0 Å². The SMILES string of the molecule is OCC(Cc1cccc(Br)c1)Cc1ccc(Cl)c(F)c1. The fourth-order valence-electron chi connectivity index (χ4n) is 2.20. The normalized spacial score (nSPS) is 12.4. The van der Waals surface area contributed by atoms with E-state index in [1.54, 1.807) is 12.1 Å². The summed E-state index contributed by atoms with van der Waals surface area (Å²) in [5.41, 5.74) is 1.99. The Morgan fingerprint density at radius 2 is 1.80 bits per heavy atom. The van der Waals surface area contributed by atoms with Crippen molar-refractivity contribution in [3.63, 3.8) is 0 Å². The average molecular weight is 358 g/mol. The predicted octanol–water partition coefficient (Wildman–Crippen LogP) is 4.64. The van der Waals surface area contributed by atoms with Gasteiger partial charge in [0.2, 0.25) is 0 Å². The van der Waals surface area contributed by atoms with Crippen molar-refractivity contribution in [1.29, 1.82) is 0 Å². The lowest BCUT2D eigenvalue weighted by Gasteiger charge is -2.15. The van der Waals surface area contributed by atoms with Crippen LogP contribution in [0.5, 0.6) is 0 Å². The van der Waals surface area contributed by atoms with E-state index in [1.165, 1.54) is 6.07 Å². The van der Waals surface area contributed by atoms with Crippen molar-refractivity contribution in [2.75, 3.05) is 6.61 Å². The Labute approximate surface area is 131 Å². The second-order valence-corrected chi connectivity index (χ2v) is 6.16. The first-order valence-electron chi connectivity index (χ1n) is 6.37. The lowest BCUT2D eigenvalue weighted by atomic mass is 9.93. The van der Waals surface area contributed by atoms with E-state index in [0.29, 0.717) is 6.42 Å². The smallest absolute Gasteiger partial charge is 0.142 e. The van der Waals surface area contributed by atoms with Crippen molar-refractivity contribution >= 4 is 27.5 Å². The van der Waals surface area contributed by atoms with Gasteiger partial charge in [0.25, 0.3) is 0 Å². The number of aliphatic hydroxyl groups is 1. The zero-order valence-corrected chi connectivity index (χ0v) is 13.2. The molecule has 2 aromatic carbocycles. The molecule has 2 aromatic rings. The molecular weight excluding hydrogens is 343 g/mol. The van der Waals surface area contributed by atoms with Gasteiger partial charge in [-0.2, -0.15) is 0 Å². The number of rotatable bonds is 5. The standard InChI is InChI=1S/C16H15BrClFO/c17-14-3-1-2-11(8-14)6-13(10-20)7-12-4-5-15(18)16(19)9-12/h1-5,8-9,13,20H,6-7,10H2. The molecule has 0 amide bonds. The van der Waals surface area contributed by atoms with Crippen LogP contribution in [0.2, 0.25) is 5.02 Å². The van der Waals surface area contributed by atoms with E-state index in [0.717, 1.165) is 22.0 Å². The summed E-state index contributed by atoms with van der Waals surface area (Å²) in [6, 6.07) is 12.8. The fourth-order valence-corrected chi connectivity index (χ4v) is 2.76. The second kappa shape index (κ2) is 7.21. The second-order valence-electron chi connectivity index (χ2n) is 4.84. The van der Waals surface area contributed by atoms with Gasteiger partial charge in [-0.3, -0.25) is 0 Å². The first kappa shape index (κ1) is 15.5. The van der Waals surface area contributed by atoms with Crippen LogP contribution in [0.3, 0.4) is 0 Å². The molecule has 1 nitrogen and oxygen atoms in total. The quantitative estimate of drug-likeness (QED) is 0.827. The molecule has 0 radical (unpaired) electrons. The fraction of sp³-hybridized carbons (Fsp3) is 0.250. The van der Waals surface area contributed by atoms with Gasteiger partial charge in [0.05, 0.1) is 5.02 Å². The molecular formula is C16H15BrClFO. The molecule has 1 unspecified atom stereocenters. The van der Waals surface area contributed by atoms with E-state index < -0.39 is 5.82 Å². The lowest BCUT2D eigenvalue weighted by Crippen LogP contribution is -2.13.